The van der Waals surface area contributed by atoms with E-state index in [0.29, 0.717) is 28.3 Å². The van der Waals surface area contributed by atoms with Gasteiger partial charge in [-0.05, 0) is 54.0 Å². The lowest BCUT2D eigenvalue weighted by Gasteiger charge is -2.18. The quantitative estimate of drug-likeness (QED) is 0.391. The van der Waals surface area contributed by atoms with E-state index in [4.69, 9.17) is 5.11 Å². The first kappa shape index (κ1) is 23.0. The number of rotatable bonds is 9. The van der Waals surface area contributed by atoms with Crippen molar-refractivity contribution >= 4 is 28.1 Å². The second-order valence-electron chi connectivity index (χ2n) is 8.88. The molecule has 0 unspecified atom stereocenters. The van der Waals surface area contributed by atoms with E-state index in [9.17, 15) is 4.79 Å². The lowest BCUT2D eigenvalue weighted by atomic mass is 9.89. The summed E-state index contributed by atoms with van der Waals surface area (Å²) in [5.41, 5.74) is 5.11. The Kier molecular flexibility index (Phi) is 7.82. The van der Waals surface area contributed by atoms with Crippen LogP contribution in [0.3, 0.4) is 0 Å². The molecule has 0 radical (unpaired) electrons. The van der Waals surface area contributed by atoms with Crippen LogP contribution in [0.2, 0.25) is 0 Å². The van der Waals surface area contributed by atoms with Crippen LogP contribution < -0.4 is 10.6 Å². The van der Waals surface area contributed by atoms with Crippen LogP contribution in [0.1, 0.15) is 60.8 Å². The molecular formula is C25H31N3O2S. The van der Waals surface area contributed by atoms with Gasteiger partial charge in [0.1, 0.15) is 0 Å². The van der Waals surface area contributed by atoms with E-state index in [1.54, 1.807) is 5.38 Å². The molecule has 6 heteroatoms. The fourth-order valence-electron chi connectivity index (χ4n) is 3.30. The van der Waals surface area contributed by atoms with Gasteiger partial charge in [0.05, 0.1) is 12.3 Å². The van der Waals surface area contributed by atoms with Gasteiger partial charge in [-0.2, -0.15) is 0 Å². The molecule has 3 N–H and O–H groups in total. The molecule has 1 heterocycles. The van der Waals surface area contributed by atoms with Gasteiger partial charge < -0.3 is 10.4 Å². The fourth-order valence-corrected chi connectivity index (χ4v) is 3.99. The average molecular weight is 438 g/mol. The minimum atomic E-state index is -0.206. The van der Waals surface area contributed by atoms with Crippen molar-refractivity contribution in [1.29, 1.82) is 0 Å². The van der Waals surface area contributed by atoms with Crippen molar-refractivity contribution in [2.45, 2.75) is 53.2 Å². The summed E-state index contributed by atoms with van der Waals surface area (Å²) in [6.45, 7) is 7.41. The summed E-state index contributed by atoms with van der Waals surface area (Å²) in [7, 11) is 0. The lowest BCUT2D eigenvalue weighted by Crippen LogP contribution is -2.12. The Balaban J connectivity index is 1.55. The largest absolute Gasteiger partial charge is 0.390 e. The van der Waals surface area contributed by atoms with Crippen LogP contribution in [0.25, 0.3) is 0 Å². The molecule has 5 nitrogen and oxygen atoms in total. The highest BCUT2D eigenvalue weighted by Gasteiger charge is 2.11. The molecule has 0 bridgehead atoms. The number of thiazole rings is 1. The zero-order chi connectivity index (χ0) is 22.3. The molecule has 0 saturated heterocycles. The molecule has 0 aliphatic rings. The number of aliphatic hydroxyl groups is 1. The van der Waals surface area contributed by atoms with Gasteiger partial charge in [0.15, 0.2) is 5.13 Å². The van der Waals surface area contributed by atoms with Crippen LogP contribution in [0.5, 0.6) is 0 Å². The van der Waals surface area contributed by atoms with E-state index in [0.717, 1.165) is 12.0 Å². The number of aryl methyl sites for hydroxylation is 1. The van der Waals surface area contributed by atoms with Crippen LogP contribution in [0.15, 0.2) is 53.9 Å². The number of aliphatic hydroxyl groups excluding tert-OH is 1. The Bertz CT molecular complexity index is 991. The SMILES string of the molecule is CC(C)(C)CCCc1ccccc1NCc1ccc(C(=O)Nc2nc(CO)cs2)cc1. The maximum Gasteiger partial charge on any atom is 0.257 e. The smallest absolute Gasteiger partial charge is 0.257 e. The van der Waals surface area contributed by atoms with Crippen LogP contribution in [-0.2, 0) is 19.6 Å². The van der Waals surface area contributed by atoms with Crippen molar-refractivity contribution in [1.82, 2.24) is 4.98 Å². The molecule has 0 fully saturated rings. The van der Waals surface area contributed by atoms with Crippen LogP contribution in [0, 0.1) is 5.41 Å². The Labute approximate surface area is 188 Å². The molecule has 0 aliphatic carbocycles. The molecular weight excluding hydrogens is 406 g/mol. The molecule has 0 spiro atoms. The number of hydrogen-bond acceptors (Lipinski definition) is 5. The fraction of sp³-hybridized carbons (Fsp3) is 0.360. The number of benzene rings is 2. The molecule has 3 aromatic rings. The summed E-state index contributed by atoms with van der Waals surface area (Å²) >= 11 is 1.30. The Hall–Kier alpha value is -2.70. The van der Waals surface area contributed by atoms with Gasteiger partial charge in [-0.25, -0.2) is 4.98 Å². The van der Waals surface area contributed by atoms with E-state index < -0.39 is 0 Å². The summed E-state index contributed by atoms with van der Waals surface area (Å²) in [5.74, 6) is -0.206. The number of anilines is 2. The molecule has 1 amide bonds. The average Bonchev–Trinajstić information content (AvgIpc) is 3.20. The highest BCUT2D eigenvalue weighted by molar-refractivity contribution is 7.13. The Morgan fingerprint density at radius 1 is 1.10 bits per heavy atom. The van der Waals surface area contributed by atoms with Gasteiger partial charge in [0, 0.05) is 23.2 Å². The molecule has 164 valence electrons. The topological polar surface area (TPSA) is 74.2 Å². The zero-order valence-electron chi connectivity index (χ0n) is 18.4. The molecule has 1 aromatic heterocycles. The third-order valence-electron chi connectivity index (χ3n) is 5.02. The van der Waals surface area contributed by atoms with Gasteiger partial charge in [-0.3, -0.25) is 10.1 Å². The van der Waals surface area contributed by atoms with E-state index in [1.165, 1.54) is 35.4 Å². The number of nitrogens with one attached hydrogen (secondary N) is 2. The van der Waals surface area contributed by atoms with Crippen LogP contribution in [0.4, 0.5) is 10.8 Å². The predicted octanol–water partition coefficient (Wildman–Crippen LogP) is 5.87. The molecule has 0 aliphatic heterocycles. The number of hydrogen-bond donors (Lipinski definition) is 3. The molecule has 3 rings (SSSR count). The molecule has 0 saturated carbocycles. The summed E-state index contributed by atoms with van der Waals surface area (Å²) in [6, 6.07) is 16.0. The Morgan fingerprint density at radius 2 is 1.84 bits per heavy atom. The monoisotopic (exact) mass is 437 g/mol. The highest BCUT2D eigenvalue weighted by Crippen LogP contribution is 2.24. The standard InChI is InChI=1S/C25H31N3O2S/c1-25(2,3)14-6-8-19-7-4-5-9-22(19)26-15-18-10-12-20(13-11-18)23(30)28-24-27-21(16-29)17-31-24/h4-5,7,9-13,17,26,29H,6,8,14-16H2,1-3H3,(H,27,28,30). The second kappa shape index (κ2) is 10.6. The van der Waals surface area contributed by atoms with E-state index in [1.807, 2.05) is 24.3 Å². The van der Waals surface area contributed by atoms with Gasteiger partial charge >= 0.3 is 0 Å². The van der Waals surface area contributed by atoms with Crippen LogP contribution >= 0.6 is 11.3 Å². The van der Waals surface area contributed by atoms with Gasteiger partial charge in [0.25, 0.3) is 5.91 Å². The number of para-hydroxylation sites is 1. The third kappa shape index (κ3) is 7.19. The van der Waals surface area contributed by atoms with E-state index in [-0.39, 0.29) is 12.5 Å². The highest BCUT2D eigenvalue weighted by atomic mass is 32.1. The Morgan fingerprint density at radius 3 is 2.52 bits per heavy atom. The minimum absolute atomic E-state index is 0.131. The zero-order valence-corrected chi connectivity index (χ0v) is 19.3. The minimum Gasteiger partial charge on any atom is -0.390 e. The van der Waals surface area contributed by atoms with E-state index >= 15 is 0 Å². The van der Waals surface area contributed by atoms with E-state index in [2.05, 4.69) is 60.7 Å². The van der Waals surface area contributed by atoms with Crippen molar-refractivity contribution in [3.63, 3.8) is 0 Å². The number of carbonyl (C=O) groups is 1. The van der Waals surface area contributed by atoms with Crippen LogP contribution in [-0.4, -0.2) is 16.0 Å². The van der Waals surface area contributed by atoms with Crippen molar-refractivity contribution in [2.75, 3.05) is 10.6 Å². The van der Waals surface area contributed by atoms with Crippen molar-refractivity contribution in [3.05, 3.63) is 76.3 Å². The summed E-state index contributed by atoms with van der Waals surface area (Å²) < 4.78 is 0. The number of carbonyl (C=O) groups excluding carboxylic acids is 1. The number of amides is 1. The predicted molar refractivity (Wildman–Crippen MR) is 129 cm³/mol. The maximum absolute atomic E-state index is 12.4. The van der Waals surface area contributed by atoms with Gasteiger partial charge in [-0.15, -0.1) is 11.3 Å². The molecule has 2 aromatic carbocycles. The van der Waals surface area contributed by atoms with Crippen molar-refractivity contribution in [2.24, 2.45) is 5.41 Å². The number of aromatic nitrogens is 1. The first-order valence-electron chi connectivity index (χ1n) is 10.6. The lowest BCUT2D eigenvalue weighted by molar-refractivity contribution is 0.102. The third-order valence-corrected chi connectivity index (χ3v) is 5.83. The van der Waals surface area contributed by atoms with Crippen molar-refractivity contribution < 1.29 is 9.90 Å². The number of nitrogens with zero attached hydrogens (tertiary/aromatic N) is 1. The molecule has 31 heavy (non-hydrogen) atoms. The van der Waals surface area contributed by atoms with Gasteiger partial charge in [0.2, 0.25) is 0 Å². The first-order valence-corrected chi connectivity index (χ1v) is 11.5. The first-order chi connectivity index (χ1) is 14.8. The van der Waals surface area contributed by atoms with Crippen molar-refractivity contribution in [3.8, 4) is 0 Å². The maximum atomic E-state index is 12.4. The summed E-state index contributed by atoms with van der Waals surface area (Å²) in [5, 5.41) is 17.6. The summed E-state index contributed by atoms with van der Waals surface area (Å²) in [4.78, 5) is 16.5. The molecule has 0 atom stereocenters. The van der Waals surface area contributed by atoms with Gasteiger partial charge in [-0.1, -0.05) is 51.1 Å². The summed E-state index contributed by atoms with van der Waals surface area (Å²) in [6.07, 6.45) is 3.44. The normalized spacial score (nSPS) is 11.4. The second-order valence-corrected chi connectivity index (χ2v) is 9.74.